The molecule has 0 saturated carbocycles. The maximum atomic E-state index is 13.1. The fourth-order valence-electron chi connectivity index (χ4n) is 4.28. The van der Waals surface area contributed by atoms with Gasteiger partial charge in [0.25, 0.3) is 0 Å². The topological polar surface area (TPSA) is 85.5 Å². The molecule has 3 aromatic rings. The third kappa shape index (κ3) is 4.49. The maximum Gasteiger partial charge on any atom is 0.411 e. The van der Waals surface area contributed by atoms with Crippen LogP contribution in [0.15, 0.2) is 79.1 Å². The molecule has 32 heavy (non-hydrogen) atoms. The first-order valence-electron chi connectivity index (χ1n) is 10.8. The van der Waals surface area contributed by atoms with Crippen molar-refractivity contribution < 1.29 is 14.3 Å². The zero-order chi connectivity index (χ0) is 22.6. The van der Waals surface area contributed by atoms with E-state index in [4.69, 9.17) is 10.5 Å². The molecule has 2 N–H and O–H groups in total. The smallest absolute Gasteiger partial charge is 0.411 e. The maximum absolute atomic E-state index is 13.1. The predicted octanol–water partition coefficient (Wildman–Crippen LogP) is 4.81. The molecule has 1 aliphatic rings. The molecule has 1 unspecified atom stereocenters. The number of carbonyl (C=O) groups is 2. The van der Waals surface area contributed by atoms with E-state index in [1.807, 2.05) is 79.9 Å². The number of cyclic esters (lactones) is 1. The lowest BCUT2D eigenvalue weighted by atomic mass is 9.84. The van der Waals surface area contributed by atoms with Gasteiger partial charge in [-0.25, -0.2) is 4.79 Å². The van der Waals surface area contributed by atoms with Crippen molar-refractivity contribution in [1.82, 2.24) is 9.88 Å². The van der Waals surface area contributed by atoms with Crippen molar-refractivity contribution in [2.45, 2.75) is 37.8 Å². The zero-order valence-electron chi connectivity index (χ0n) is 18.1. The predicted molar refractivity (Wildman–Crippen MR) is 122 cm³/mol. The number of aromatic nitrogens is 1. The Hall–Kier alpha value is -3.67. The number of pyridine rings is 1. The van der Waals surface area contributed by atoms with Gasteiger partial charge in [-0.3, -0.25) is 9.78 Å². The van der Waals surface area contributed by atoms with Crippen LogP contribution in [0.3, 0.4) is 0 Å². The van der Waals surface area contributed by atoms with E-state index in [0.29, 0.717) is 19.4 Å². The Balaban J connectivity index is 1.51. The molecule has 0 radical (unpaired) electrons. The summed E-state index contributed by atoms with van der Waals surface area (Å²) in [7, 11) is 0. The van der Waals surface area contributed by atoms with Crippen molar-refractivity contribution in [2.24, 2.45) is 5.73 Å². The van der Waals surface area contributed by atoms with Gasteiger partial charge in [0.05, 0.1) is 6.04 Å². The lowest BCUT2D eigenvalue weighted by molar-refractivity contribution is -0.121. The van der Waals surface area contributed by atoms with Crippen LogP contribution in [0.5, 0.6) is 0 Å². The van der Waals surface area contributed by atoms with E-state index in [0.717, 1.165) is 22.3 Å². The third-order valence-electron chi connectivity index (χ3n) is 6.20. The highest BCUT2D eigenvalue weighted by Crippen LogP contribution is 2.40. The Bertz CT molecular complexity index is 1070. The van der Waals surface area contributed by atoms with Crippen LogP contribution in [0.25, 0.3) is 11.1 Å². The summed E-state index contributed by atoms with van der Waals surface area (Å²) >= 11 is 0. The van der Waals surface area contributed by atoms with E-state index in [1.54, 1.807) is 11.1 Å². The number of ether oxygens (including phenoxy) is 1. The molecule has 164 valence electrons. The molecule has 4 rings (SSSR count). The second-order valence-corrected chi connectivity index (χ2v) is 8.18. The average Bonchev–Trinajstić information content (AvgIpc) is 2.83. The molecular weight excluding hydrogens is 402 g/mol. The monoisotopic (exact) mass is 429 g/mol. The number of nitrogens with zero attached hydrogens (tertiary/aromatic N) is 2. The van der Waals surface area contributed by atoms with Crippen molar-refractivity contribution >= 4 is 12.0 Å². The Morgan fingerprint density at radius 3 is 2.47 bits per heavy atom. The Labute approximate surface area is 188 Å². The van der Waals surface area contributed by atoms with Gasteiger partial charge < -0.3 is 15.4 Å². The van der Waals surface area contributed by atoms with Crippen LogP contribution in [0.1, 0.15) is 43.4 Å². The van der Waals surface area contributed by atoms with Crippen LogP contribution in [0.4, 0.5) is 4.79 Å². The number of benzene rings is 2. The second kappa shape index (κ2) is 9.22. The average molecular weight is 430 g/mol. The molecule has 2 heterocycles. The highest BCUT2D eigenvalue weighted by atomic mass is 16.6. The standard InChI is InChI=1S/C26H27N3O3/c1-19(20-9-11-21(12-10-20)22-6-5-16-28-18-22)29-17-15-26(32-25(29)31,14-13-24(27)30)23-7-3-2-4-8-23/h2-12,16,18-19H,13-15,17H2,1H3,(H2,27,30)/t19?,26-/m1/s1. The quantitative estimate of drug-likeness (QED) is 0.584. The van der Waals surface area contributed by atoms with Gasteiger partial charge in [-0.15, -0.1) is 0 Å². The van der Waals surface area contributed by atoms with Gasteiger partial charge in [0.1, 0.15) is 5.60 Å². The first-order valence-corrected chi connectivity index (χ1v) is 10.8. The van der Waals surface area contributed by atoms with Gasteiger partial charge in [0.15, 0.2) is 0 Å². The van der Waals surface area contributed by atoms with Gasteiger partial charge >= 0.3 is 6.09 Å². The van der Waals surface area contributed by atoms with Crippen LogP contribution in [-0.2, 0) is 15.1 Å². The van der Waals surface area contributed by atoms with Crippen molar-refractivity contribution in [1.29, 1.82) is 0 Å². The first-order chi connectivity index (χ1) is 15.5. The van der Waals surface area contributed by atoms with Crippen LogP contribution in [-0.4, -0.2) is 28.4 Å². The summed E-state index contributed by atoms with van der Waals surface area (Å²) in [6, 6.07) is 21.5. The zero-order valence-corrected chi connectivity index (χ0v) is 18.1. The van der Waals surface area contributed by atoms with Crippen molar-refractivity contribution in [3.8, 4) is 11.1 Å². The summed E-state index contributed by atoms with van der Waals surface area (Å²) in [4.78, 5) is 30.5. The minimum atomic E-state index is -0.840. The molecule has 6 nitrogen and oxygen atoms in total. The van der Waals surface area contributed by atoms with Crippen LogP contribution >= 0.6 is 0 Å². The Kier molecular flexibility index (Phi) is 6.21. The fraction of sp³-hybridized carbons (Fsp3) is 0.269. The number of carbonyl (C=O) groups excluding carboxylic acids is 2. The van der Waals surface area contributed by atoms with Gasteiger partial charge in [0, 0.05) is 38.2 Å². The van der Waals surface area contributed by atoms with Crippen molar-refractivity contribution in [3.05, 3.63) is 90.3 Å². The first kappa shape index (κ1) is 21.6. The molecule has 0 spiro atoms. The number of primary amides is 1. The lowest BCUT2D eigenvalue weighted by Crippen LogP contribution is -2.49. The van der Waals surface area contributed by atoms with E-state index < -0.39 is 11.5 Å². The number of rotatable bonds is 7. The van der Waals surface area contributed by atoms with E-state index in [-0.39, 0.29) is 18.6 Å². The molecule has 6 heteroatoms. The van der Waals surface area contributed by atoms with Gasteiger partial charge in [-0.05, 0) is 35.2 Å². The third-order valence-corrected chi connectivity index (χ3v) is 6.20. The Morgan fingerprint density at radius 1 is 1.09 bits per heavy atom. The minimum absolute atomic E-state index is 0.143. The number of amides is 2. The fourth-order valence-corrected chi connectivity index (χ4v) is 4.28. The summed E-state index contributed by atoms with van der Waals surface area (Å²) < 4.78 is 6.03. The minimum Gasteiger partial charge on any atom is -0.438 e. The largest absolute Gasteiger partial charge is 0.438 e. The second-order valence-electron chi connectivity index (χ2n) is 8.18. The lowest BCUT2D eigenvalue weighted by Gasteiger charge is -2.43. The van der Waals surface area contributed by atoms with Gasteiger partial charge in [-0.1, -0.05) is 60.7 Å². The normalized spacial score (nSPS) is 19.3. The van der Waals surface area contributed by atoms with Crippen molar-refractivity contribution in [3.63, 3.8) is 0 Å². The number of hydrogen-bond acceptors (Lipinski definition) is 4. The highest BCUT2D eigenvalue weighted by Gasteiger charge is 2.43. The van der Waals surface area contributed by atoms with Gasteiger partial charge in [0.2, 0.25) is 5.91 Å². The molecule has 1 aromatic heterocycles. The van der Waals surface area contributed by atoms with Crippen LogP contribution in [0.2, 0.25) is 0 Å². The number of hydrogen-bond donors (Lipinski definition) is 1. The molecule has 0 aliphatic carbocycles. The van der Waals surface area contributed by atoms with Crippen LogP contribution in [0, 0.1) is 0 Å². The summed E-state index contributed by atoms with van der Waals surface area (Å²) in [5.74, 6) is -0.402. The Morgan fingerprint density at radius 2 is 1.84 bits per heavy atom. The molecule has 1 aliphatic heterocycles. The molecule has 1 saturated heterocycles. The molecule has 0 bridgehead atoms. The van der Waals surface area contributed by atoms with E-state index in [2.05, 4.69) is 4.98 Å². The van der Waals surface area contributed by atoms with E-state index in [1.165, 1.54) is 0 Å². The molecule has 2 atom stereocenters. The molecule has 2 amide bonds. The highest BCUT2D eigenvalue weighted by molar-refractivity contribution is 5.74. The van der Waals surface area contributed by atoms with Crippen LogP contribution < -0.4 is 5.73 Å². The molecular formula is C26H27N3O3. The van der Waals surface area contributed by atoms with Gasteiger partial charge in [-0.2, -0.15) is 0 Å². The summed E-state index contributed by atoms with van der Waals surface area (Å²) in [6.45, 7) is 2.53. The summed E-state index contributed by atoms with van der Waals surface area (Å²) in [6.07, 6.45) is 4.33. The summed E-state index contributed by atoms with van der Waals surface area (Å²) in [5.41, 5.74) is 8.59. The number of nitrogens with two attached hydrogens (primary N) is 1. The van der Waals surface area contributed by atoms with E-state index >= 15 is 0 Å². The van der Waals surface area contributed by atoms with E-state index in [9.17, 15) is 9.59 Å². The molecule has 1 fully saturated rings. The molecule has 2 aromatic carbocycles. The summed E-state index contributed by atoms with van der Waals surface area (Å²) in [5, 5.41) is 0. The van der Waals surface area contributed by atoms with Crippen molar-refractivity contribution in [2.75, 3.05) is 6.54 Å². The SMILES string of the molecule is CC(c1ccc(-c2cccnc2)cc1)N1CC[C@](CCC(N)=O)(c2ccccc2)OC1=O.